The molecular weight excluding hydrogens is 300 g/mol. The van der Waals surface area contributed by atoms with Gasteiger partial charge in [-0.3, -0.25) is 4.79 Å². The van der Waals surface area contributed by atoms with Crippen LogP contribution < -0.4 is 16.0 Å². The summed E-state index contributed by atoms with van der Waals surface area (Å²) in [7, 11) is 0. The minimum absolute atomic E-state index is 0.0731. The number of carbonyl (C=O) groups is 2. The highest BCUT2D eigenvalue weighted by molar-refractivity contribution is 7.98. The number of amides is 3. The fourth-order valence-electron chi connectivity index (χ4n) is 1.81. The number of hydrogen-bond acceptors (Lipinski definition) is 4. The molecule has 0 spiro atoms. The van der Waals surface area contributed by atoms with E-state index in [1.54, 1.807) is 0 Å². The Kier molecular flexibility index (Phi) is 7.86. The average molecular weight is 320 g/mol. The van der Waals surface area contributed by atoms with E-state index in [0.717, 1.165) is 11.1 Å². The minimum atomic E-state index is -0.666. The van der Waals surface area contributed by atoms with Crippen LogP contribution in [0.5, 0.6) is 0 Å². The summed E-state index contributed by atoms with van der Waals surface area (Å²) in [5.41, 5.74) is 2.11. The predicted octanol–water partition coefficient (Wildman–Crippen LogP) is 1.17. The summed E-state index contributed by atoms with van der Waals surface area (Å²) < 4.78 is 0. The molecule has 1 aromatic rings. The molecule has 22 heavy (non-hydrogen) atoms. The van der Waals surface area contributed by atoms with E-state index in [0.29, 0.717) is 12.3 Å². The molecule has 0 radical (unpaired) electrons. The van der Waals surface area contributed by atoms with E-state index in [-0.39, 0.29) is 12.5 Å². The predicted molar refractivity (Wildman–Crippen MR) is 87.3 cm³/mol. The second-order valence-corrected chi connectivity index (χ2v) is 5.61. The van der Waals surface area contributed by atoms with Gasteiger partial charge in [-0.15, -0.1) is 0 Å². The number of rotatable bonds is 7. The number of nitrogens with one attached hydrogen (secondary N) is 3. The van der Waals surface area contributed by atoms with Crippen LogP contribution >= 0.6 is 11.8 Å². The van der Waals surface area contributed by atoms with Crippen molar-refractivity contribution in [1.82, 2.24) is 16.0 Å². The number of benzene rings is 1. The van der Waals surface area contributed by atoms with Crippen LogP contribution in [0, 0.1) is 18.3 Å². The first-order valence-electron chi connectivity index (χ1n) is 6.80. The van der Waals surface area contributed by atoms with Crippen molar-refractivity contribution in [2.75, 3.05) is 18.6 Å². The minimum Gasteiger partial charge on any atom is -0.341 e. The molecule has 0 heterocycles. The van der Waals surface area contributed by atoms with Crippen LogP contribution in [0.4, 0.5) is 4.79 Å². The maximum atomic E-state index is 11.9. The van der Waals surface area contributed by atoms with E-state index >= 15 is 0 Å². The zero-order valence-electron chi connectivity index (χ0n) is 12.7. The SMILES string of the molecule is CSCC(NC(=O)NCc1cccc(C)c1)C(=O)NCC#N. The molecule has 1 aromatic carbocycles. The number of carbonyl (C=O) groups excluding carboxylic acids is 2. The molecule has 118 valence electrons. The second-order valence-electron chi connectivity index (χ2n) is 4.70. The molecule has 0 aliphatic heterocycles. The molecule has 1 rings (SSSR count). The van der Waals surface area contributed by atoms with Crippen LogP contribution in [-0.4, -0.2) is 36.5 Å². The topological polar surface area (TPSA) is 94.0 Å². The molecule has 3 N–H and O–H groups in total. The number of nitrogens with zero attached hydrogens (tertiary/aromatic N) is 1. The summed E-state index contributed by atoms with van der Waals surface area (Å²) in [6.07, 6.45) is 1.84. The lowest BCUT2D eigenvalue weighted by molar-refractivity contribution is -0.122. The molecule has 0 aromatic heterocycles. The zero-order valence-corrected chi connectivity index (χ0v) is 13.5. The molecule has 0 fully saturated rings. The third kappa shape index (κ3) is 6.50. The number of hydrogen-bond donors (Lipinski definition) is 3. The number of aryl methyl sites for hydroxylation is 1. The maximum absolute atomic E-state index is 11.9. The van der Waals surface area contributed by atoms with E-state index in [1.807, 2.05) is 43.5 Å². The van der Waals surface area contributed by atoms with Gasteiger partial charge in [-0.05, 0) is 18.7 Å². The summed E-state index contributed by atoms with van der Waals surface area (Å²) in [4.78, 5) is 23.7. The van der Waals surface area contributed by atoms with Crippen LogP contribution in [0.3, 0.4) is 0 Å². The summed E-state index contributed by atoms with van der Waals surface area (Å²) in [5.74, 6) is 0.0800. The molecule has 6 nitrogen and oxygen atoms in total. The molecule has 0 saturated heterocycles. The van der Waals surface area contributed by atoms with Gasteiger partial charge in [0, 0.05) is 12.3 Å². The van der Waals surface area contributed by atoms with Crippen LogP contribution in [0.1, 0.15) is 11.1 Å². The van der Waals surface area contributed by atoms with E-state index in [2.05, 4.69) is 16.0 Å². The quantitative estimate of drug-likeness (QED) is 0.657. The lowest BCUT2D eigenvalue weighted by Crippen LogP contribution is -2.51. The van der Waals surface area contributed by atoms with Crippen LogP contribution in [0.2, 0.25) is 0 Å². The molecular formula is C15H20N4O2S. The molecule has 3 amide bonds. The second kappa shape index (κ2) is 9.68. The fourth-order valence-corrected chi connectivity index (χ4v) is 2.38. The first-order valence-corrected chi connectivity index (χ1v) is 8.19. The van der Waals surface area contributed by atoms with Crippen molar-refractivity contribution < 1.29 is 9.59 Å². The molecule has 7 heteroatoms. The monoisotopic (exact) mass is 320 g/mol. The Morgan fingerprint density at radius 3 is 2.77 bits per heavy atom. The van der Waals surface area contributed by atoms with Gasteiger partial charge >= 0.3 is 6.03 Å². The summed E-state index contributed by atoms with van der Waals surface area (Å²) in [6.45, 7) is 2.30. The van der Waals surface area contributed by atoms with Crippen LogP contribution in [0.15, 0.2) is 24.3 Å². The molecule has 1 unspecified atom stereocenters. The van der Waals surface area contributed by atoms with Crippen molar-refractivity contribution in [3.63, 3.8) is 0 Å². The van der Waals surface area contributed by atoms with Crippen molar-refractivity contribution in [3.05, 3.63) is 35.4 Å². The third-order valence-corrected chi connectivity index (χ3v) is 3.50. The Bertz CT molecular complexity index is 557. The molecule has 0 saturated carbocycles. The molecule has 0 bridgehead atoms. The first kappa shape index (κ1) is 17.9. The van der Waals surface area contributed by atoms with Crippen molar-refractivity contribution in [2.24, 2.45) is 0 Å². The standard InChI is InChI=1S/C15H20N4O2S/c1-11-4-3-5-12(8-11)9-18-15(21)19-13(10-22-2)14(20)17-7-6-16/h3-5,8,13H,7,9-10H2,1-2H3,(H,17,20)(H2,18,19,21). The lowest BCUT2D eigenvalue weighted by Gasteiger charge is -2.17. The summed E-state index contributed by atoms with van der Waals surface area (Å²) in [5, 5.41) is 16.3. The number of thioether (sulfide) groups is 1. The highest BCUT2D eigenvalue weighted by Crippen LogP contribution is 2.03. The van der Waals surface area contributed by atoms with Crippen molar-refractivity contribution in [2.45, 2.75) is 19.5 Å². The lowest BCUT2D eigenvalue weighted by atomic mass is 10.1. The molecule has 0 aliphatic rings. The van der Waals surface area contributed by atoms with Gasteiger partial charge in [0.1, 0.15) is 12.6 Å². The van der Waals surface area contributed by atoms with Crippen LogP contribution in [-0.2, 0) is 11.3 Å². The largest absolute Gasteiger partial charge is 0.341 e. The Hall–Kier alpha value is -2.20. The van der Waals surface area contributed by atoms with Gasteiger partial charge in [0.25, 0.3) is 0 Å². The van der Waals surface area contributed by atoms with E-state index in [1.165, 1.54) is 11.8 Å². The highest BCUT2D eigenvalue weighted by atomic mass is 32.2. The van der Waals surface area contributed by atoms with Crippen LogP contribution in [0.25, 0.3) is 0 Å². The Balaban J connectivity index is 2.49. The van der Waals surface area contributed by atoms with Crippen molar-refractivity contribution in [3.8, 4) is 6.07 Å². The fraction of sp³-hybridized carbons (Fsp3) is 0.400. The number of nitriles is 1. The third-order valence-electron chi connectivity index (χ3n) is 2.83. The van der Waals surface area contributed by atoms with Gasteiger partial charge in [-0.1, -0.05) is 29.8 Å². The number of urea groups is 1. The maximum Gasteiger partial charge on any atom is 0.315 e. The Morgan fingerprint density at radius 2 is 2.14 bits per heavy atom. The van der Waals surface area contributed by atoms with Gasteiger partial charge in [0.05, 0.1) is 6.07 Å². The Labute approximate surface area is 134 Å². The van der Waals surface area contributed by atoms with Gasteiger partial charge in [-0.25, -0.2) is 4.79 Å². The molecule has 1 atom stereocenters. The average Bonchev–Trinajstić information content (AvgIpc) is 2.50. The molecule has 0 aliphatic carbocycles. The van der Waals surface area contributed by atoms with Gasteiger partial charge in [-0.2, -0.15) is 17.0 Å². The zero-order chi connectivity index (χ0) is 16.4. The Morgan fingerprint density at radius 1 is 1.36 bits per heavy atom. The van der Waals surface area contributed by atoms with Gasteiger partial charge in [0.2, 0.25) is 5.91 Å². The van der Waals surface area contributed by atoms with Crippen molar-refractivity contribution >= 4 is 23.7 Å². The summed E-state index contributed by atoms with van der Waals surface area (Å²) >= 11 is 1.44. The highest BCUT2D eigenvalue weighted by Gasteiger charge is 2.19. The summed E-state index contributed by atoms with van der Waals surface area (Å²) in [6, 6.07) is 8.58. The normalized spacial score (nSPS) is 11.1. The van der Waals surface area contributed by atoms with E-state index in [4.69, 9.17) is 5.26 Å². The smallest absolute Gasteiger partial charge is 0.315 e. The van der Waals surface area contributed by atoms with E-state index in [9.17, 15) is 9.59 Å². The van der Waals surface area contributed by atoms with E-state index < -0.39 is 12.1 Å². The van der Waals surface area contributed by atoms with Gasteiger partial charge in [0.15, 0.2) is 0 Å². The van der Waals surface area contributed by atoms with Crippen molar-refractivity contribution in [1.29, 1.82) is 5.26 Å². The van der Waals surface area contributed by atoms with Gasteiger partial charge < -0.3 is 16.0 Å². The first-order chi connectivity index (χ1) is 10.6.